The number of carbonyl (C=O) groups excluding carboxylic acids is 1. The minimum absolute atomic E-state index is 0.287. The third kappa shape index (κ3) is 3.54. The smallest absolute Gasteiger partial charge is 0.269 e. The van der Waals surface area contributed by atoms with Gasteiger partial charge < -0.3 is 9.47 Å². The molecule has 6 heteroatoms. The van der Waals surface area contributed by atoms with Crippen molar-refractivity contribution in [3.8, 4) is 11.5 Å². The lowest BCUT2D eigenvalue weighted by molar-refractivity contribution is 0.0942. The zero-order valence-electron chi connectivity index (χ0n) is 12.4. The van der Waals surface area contributed by atoms with E-state index < -0.39 is 0 Å². The number of nitrogens with zero attached hydrogens (tertiary/aromatic N) is 1. The number of carbonyl (C=O) groups is 1. The number of benzene rings is 1. The number of amides is 1. The molecule has 6 nitrogen and oxygen atoms in total. The average Bonchev–Trinajstić information content (AvgIpc) is 2.59. The number of nitrogens with one attached hydrogen (secondary N) is 2. The lowest BCUT2D eigenvalue weighted by atomic mass is 10.1. The van der Waals surface area contributed by atoms with E-state index in [1.54, 1.807) is 56.9 Å². The summed E-state index contributed by atoms with van der Waals surface area (Å²) in [4.78, 5) is 15.8. The Balaban J connectivity index is 2.08. The lowest BCUT2D eigenvalue weighted by Crippen LogP contribution is -2.35. The normalized spacial score (nSPS) is 9.73. The molecule has 0 atom stereocenters. The van der Waals surface area contributed by atoms with Crippen molar-refractivity contribution in [1.82, 2.24) is 15.8 Å². The average molecular weight is 299 g/mol. The van der Waals surface area contributed by atoms with Crippen LogP contribution in [0.1, 0.15) is 15.9 Å². The Bertz CT molecular complexity index is 672. The van der Waals surface area contributed by atoms with Crippen molar-refractivity contribution in [2.75, 3.05) is 14.2 Å². The highest BCUT2D eigenvalue weighted by Gasteiger charge is 2.10. The summed E-state index contributed by atoms with van der Waals surface area (Å²) < 4.78 is 10.5. The number of ether oxygens (including phenoxy) is 2. The van der Waals surface area contributed by atoms with Crippen LogP contribution in [-0.4, -0.2) is 25.1 Å². The van der Waals surface area contributed by atoms with Crippen LogP contribution in [-0.2, 0) is 0 Å². The van der Waals surface area contributed by atoms with E-state index in [2.05, 4.69) is 22.4 Å². The fourth-order valence-electron chi connectivity index (χ4n) is 1.82. The van der Waals surface area contributed by atoms with E-state index in [-0.39, 0.29) is 5.91 Å². The molecule has 0 aliphatic heterocycles. The zero-order valence-corrected chi connectivity index (χ0v) is 12.4. The summed E-state index contributed by atoms with van der Waals surface area (Å²) in [5.74, 6) is 1.00. The van der Waals surface area contributed by atoms with Crippen molar-refractivity contribution in [3.05, 3.63) is 60.4 Å². The van der Waals surface area contributed by atoms with Gasteiger partial charge in [0.05, 0.1) is 19.9 Å². The number of methoxy groups -OCH3 is 2. The topological polar surface area (TPSA) is 72.5 Å². The molecule has 1 aromatic carbocycles. The molecule has 1 amide bonds. The monoisotopic (exact) mass is 299 g/mol. The highest BCUT2D eigenvalue weighted by molar-refractivity contribution is 5.94. The van der Waals surface area contributed by atoms with Gasteiger partial charge >= 0.3 is 0 Å². The largest absolute Gasteiger partial charge is 0.497 e. The van der Waals surface area contributed by atoms with Crippen LogP contribution in [0.25, 0.3) is 5.70 Å². The van der Waals surface area contributed by atoms with Crippen LogP contribution in [0.15, 0.2) is 49.3 Å². The van der Waals surface area contributed by atoms with Gasteiger partial charge in [-0.3, -0.25) is 20.6 Å². The number of rotatable bonds is 6. The Morgan fingerprint density at radius 1 is 1.09 bits per heavy atom. The zero-order chi connectivity index (χ0) is 15.9. The van der Waals surface area contributed by atoms with E-state index in [1.807, 2.05) is 0 Å². The van der Waals surface area contributed by atoms with Crippen molar-refractivity contribution in [2.24, 2.45) is 0 Å². The van der Waals surface area contributed by atoms with Crippen molar-refractivity contribution in [2.45, 2.75) is 0 Å². The van der Waals surface area contributed by atoms with Gasteiger partial charge in [0.15, 0.2) is 0 Å². The first-order chi connectivity index (χ1) is 10.7. The van der Waals surface area contributed by atoms with Crippen LogP contribution in [0.5, 0.6) is 11.5 Å². The molecule has 1 heterocycles. The first-order valence-corrected chi connectivity index (χ1v) is 6.53. The second-order valence-corrected chi connectivity index (χ2v) is 4.36. The van der Waals surface area contributed by atoms with Gasteiger partial charge in [-0.05, 0) is 30.3 Å². The minimum Gasteiger partial charge on any atom is -0.497 e. The molecular weight excluding hydrogens is 282 g/mol. The van der Waals surface area contributed by atoms with Crippen LogP contribution in [0.3, 0.4) is 0 Å². The molecule has 2 N–H and O–H groups in total. The highest BCUT2D eigenvalue weighted by Crippen LogP contribution is 2.27. The Hall–Kier alpha value is -3.02. The molecule has 2 rings (SSSR count). The molecule has 0 spiro atoms. The summed E-state index contributed by atoms with van der Waals surface area (Å²) >= 11 is 0. The molecule has 2 aromatic rings. The van der Waals surface area contributed by atoms with Crippen LogP contribution < -0.4 is 20.3 Å². The fraction of sp³-hybridized carbons (Fsp3) is 0.125. The molecule has 0 unspecified atom stereocenters. The maximum Gasteiger partial charge on any atom is 0.269 e. The van der Waals surface area contributed by atoms with Gasteiger partial charge in [0.2, 0.25) is 0 Å². The highest BCUT2D eigenvalue weighted by atomic mass is 16.5. The fourth-order valence-corrected chi connectivity index (χ4v) is 1.82. The van der Waals surface area contributed by atoms with E-state index in [0.717, 1.165) is 0 Å². The van der Waals surface area contributed by atoms with Crippen molar-refractivity contribution < 1.29 is 14.3 Å². The van der Waals surface area contributed by atoms with Crippen molar-refractivity contribution >= 4 is 11.6 Å². The third-order valence-electron chi connectivity index (χ3n) is 3.00. The predicted molar refractivity (Wildman–Crippen MR) is 83.4 cm³/mol. The van der Waals surface area contributed by atoms with Gasteiger partial charge in [-0.25, -0.2) is 0 Å². The van der Waals surface area contributed by atoms with E-state index in [4.69, 9.17) is 9.47 Å². The molecule has 1 aromatic heterocycles. The lowest BCUT2D eigenvalue weighted by Gasteiger charge is -2.15. The van der Waals surface area contributed by atoms with Crippen LogP contribution in [0, 0.1) is 0 Å². The van der Waals surface area contributed by atoms with Crippen LogP contribution >= 0.6 is 0 Å². The molecule has 0 aliphatic carbocycles. The first-order valence-electron chi connectivity index (χ1n) is 6.53. The second-order valence-electron chi connectivity index (χ2n) is 4.36. The Morgan fingerprint density at radius 3 is 2.45 bits per heavy atom. The standard InChI is InChI=1S/C16H17N3O3/c1-11(14-10-13(21-2)4-5-15(14)22-3)18-19-16(20)12-6-8-17-9-7-12/h4-10,18H,1H2,2-3H3,(H,19,20). The SMILES string of the molecule is C=C(NNC(=O)c1ccncc1)c1cc(OC)ccc1OC. The van der Waals surface area contributed by atoms with E-state index >= 15 is 0 Å². The van der Waals surface area contributed by atoms with Crippen LogP contribution in [0.2, 0.25) is 0 Å². The molecule has 0 aliphatic rings. The first kappa shape index (κ1) is 15.4. The van der Waals surface area contributed by atoms with E-state index in [1.165, 1.54) is 0 Å². The molecule has 0 saturated heterocycles. The maximum absolute atomic E-state index is 12.0. The van der Waals surface area contributed by atoms with E-state index in [9.17, 15) is 4.79 Å². The summed E-state index contributed by atoms with van der Waals surface area (Å²) in [5, 5.41) is 0. The minimum atomic E-state index is -0.287. The summed E-state index contributed by atoms with van der Waals surface area (Å²) in [5.41, 5.74) is 7.02. The number of hydrogen-bond donors (Lipinski definition) is 2. The molecule has 22 heavy (non-hydrogen) atoms. The number of pyridine rings is 1. The molecule has 114 valence electrons. The predicted octanol–water partition coefficient (Wildman–Crippen LogP) is 2.00. The van der Waals surface area contributed by atoms with Crippen LogP contribution in [0.4, 0.5) is 0 Å². The van der Waals surface area contributed by atoms with Gasteiger partial charge in [0, 0.05) is 23.5 Å². The van der Waals surface area contributed by atoms with Gasteiger partial charge in [-0.1, -0.05) is 6.58 Å². The summed E-state index contributed by atoms with van der Waals surface area (Å²) in [6.07, 6.45) is 3.10. The molecule has 0 fully saturated rings. The Kier molecular flexibility index (Phi) is 4.98. The van der Waals surface area contributed by atoms with Gasteiger partial charge in [0.1, 0.15) is 11.5 Å². The quantitative estimate of drug-likeness (QED) is 0.798. The molecule has 0 radical (unpaired) electrons. The second kappa shape index (κ2) is 7.12. The summed E-state index contributed by atoms with van der Waals surface area (Å²) in [6, 6.07) is 8.56. The van der Waals surface area contributed by atoms with Gasteiger partial charge in [0.25, 0.3) is 5.91 Å². The summed E-state index contributed by atoms with van der Waals surface area (Å²) in [7, 11) is 3.14. The van der Waals surface area contributed by atoms with Crippen molar-refractivity contribution in [3.63, 3.8) is 0 Å². The Labute approximate surface area is 128 Å². The van der Waals surface area contributed by atoms with Crippen molar-refractivity contribution in [1.29, 1.82) is 0 Å². The molecule has 0 saturated carbocycles. The maximum atomic E-state index is 12.0. The number of aromatic nitrogens is 1. The van der Waals surface area contributed by atoms with Gasteiger partial charge in [-0.15, -0.1) is 0 Å². The number of hydrogen-bond acceptors (Lipinski definition) is 5. The van der Waals surface area contributed by atoms with Gasteiger partial charge in [-0.2, -0.15) is 0 Å². The summed E-state index contributed by atoms with van der Waals surface area (Å²) in [6.45, 7) is 3.90. The third-order valence-corrected chi connectivity index (χ3v) is 3.00. The number of hydrazine groups is 1. The molecular formula is C16H17N3O3. The Morgan fingerprint density at radius 2 is 1.82 bits per heavy atom. The van der Waals surface area contributed by atoms with E-state index in [0.29, 0.717) is 28.3 Å². The molecule has 0 bridgehead atoms.